The van der Waals surface area contributed by atoms with Crippen LogP contribution in [0.5, 0.6) is 5.75 Å². The maximum atomic E-state index is 13.1. The number of aryl methyl sites for hydroxylation is 3. The first-order valence-electron chi connectivity index (χ1n) is 13.1. The van der Waals surface area contributed by atoms with Gasteiger partial charge in [-0.2, -0.15) is 17.8 Å². The summed E-state index contributed by atoms with van der Waals surface area (Å²) >= 11 is 0. The van der Waals surface area contributed by atoms with Crippen LogP contribution in [0.2, 0.25) is 0 Å². The van der Waals surface area contributed by atoms with Gasteiger partial charge in [-0.15, -0.1) is 0 Å². The molecule has 3 rings (SSSR count). The lowest BCUT2D eigenvalue weighted by molar-refractivity contribution is 0.0995. The smallest absolute Gasteiger partial charge is 0.279 e. The van der Waals surface area contributed by atoms with Gasteiger partial charge in [-0.05, 0) is 51.3 Å². The molecule has 0 unspecified atom stereocenters. The van der Waals surface area contributed by atoms with Crippen molar-refractivity contribution >= 4 is 39.0 Å². The molecule has 0 spiro atoms. The van der Waals surface area contributed by atoms with Gasteiger partial charge < -0.3 is 15.0 Å². The molecule has 39 heavy (non-hydrogen) atoms. The Morgan fingerprint density at radius 3 is 2.54 bits per heavy atom. The fourth-order valence-corrected chi connectivity index (χ4v) is 5.20. The number of carbonyl (C=O) groups excluding carboxylic acids is 2. The summed E-state index contributed by atoms with van der Waals surface area (Å²) in [5.74, 6) is -0.339. The quantitative estimate of drug-likeness (QED) is 0.239. The molecule has 13 nitrogen and oxygen atoms in total. The Morgan fingerprint density at radius 1 is 1.15 bits per heavy atom. The third-order valence-electron chi connectivity index (χ3n) is 6.01. The monoisotopic (exact) mass is 562 g/mol. The summed E-state index contributed by atoms with van der Waals surface area (Å²) in [6.07, 6.45) is 1.83. The second-order valence-electron chi connectivity index (χ2n) is 9.16. The molecule has 4 N–H and O–H groups in total. The summed E-state index contributed by atoms with van der Waals surface area (Å²) in [5, 5.41) is 7.21. The van der Waals surface area contributed by atoms with E-state index < -0.39 is 16.1 Å². The average Bonchev–Trinajstić information content (AvgIpc) is 3.43. The number of anilines is 1. The van der Waals surface area contributed by atoms with Gasteiger partial charge >= 0.3 is 0 Å². The van der Waals surface area contributed by atoms with Crippen molar-refractivity contribution in [2.24, 2.45) is 5.73 Å². The van der Waals surface area contributed by atoms with Crippen molar-refractivity contribution in [3.63, 3.8) is 0 Å². The highest BCUT2D eigenvalue weighted by molar-refractivity contribution is 7.87. The van der Waals surface area contributed by atoms with Gasteiger partial charge in [0.05, 0.1) is 17.8 Å². The van der Waals surface area contributed by atoms with E-state index in [4.69, 9.17) is 10.5 Å². The zero-order chi connectivity index (χ0) is 28.7. The molecule has 0 atom stereocenters. The Balaban J connectivity index is 1.87. The van der Waals surface area contributed by atoms with Crippen LogP contribution in [0.15, 0.2) is 18.2 Å². The largest absolute Gasteiger partial charge is 0.491 e. The van der Waals surface area contributed by atoms with Crippen molar-refractivity contribution in [2.75, 3.05) is 32.1 Å². The van der Waals surface area contributed by atoms with Crippen molar-refractivity contribution in [2.45, 2.75) is 60.0 Å². The zero-order valence-electron chi connectivity index (χ0n) is 23.2. The molecular formula is C25H38N8O5S. The van der Waals surface area contributed by atoms with Crippen LogP contribution in [0.4, 0.5) is 5.95 Å². The third-order valence-corrected chi connectivity index (χ3v) is 7.58. The van der Waals surface area contributed by atoms with E-state index in [2.05, 4.69) is 20.1 Å². The van der Waals surface area contributed by atoms with Crippen LogP contribution in [0.25, 0.3) is 11.0 Å². The Morgan fingerprint density at radius 2 is 1.90 bits per heavy atom. The molecule has 14 heteroatoms. The first kappa shape index (κ1) is 30.1. The highest BCUT2D eigenvalue weighted by atomic mass is 32.2. The van der Waals surface area contributed by atoms with E-state index in [-0.39, 0.29) is 24.6 Å². The van der Waals surface area contributed by atoms with E-state index in [0.717, 1.165) is 12.1 Å². The van der Waals surface area contributed by atoms with Crippen LogP contribution in [0.3, 0.4) is 0 Å². The average molecular weight is 563 g/mol. The van der Waals surface area contributed by atoms with Crippen LogP contribution in [0, 0.1) is 6.92 Å². The molecule has 3 aromatic rings. The van der Waals surface area contributed by atoms with Gasteiger partial charge in [0.1, 0.15) is 17.0 Å². The van der Waals surface area contributed by atoms with Crippen LogP contribution < -0.4 is 20.5 Å². The molecule has 0 aliphatic heterocycles. The SMILES string of the molecule is CCCN(C)S(=O)(=O)NCCCOc1cc(C(N)=O)cc2nc(NC(=O)c3cc(C)nn3CC)n(CCC)c12. The molecule has 214 valence electrons. The fourth-order valence-electron chi connectivity index (χ4n) is 4.15. The number of nitrogens with zero attached hydrogens (tertiary/aromatic N) is 5. The minimum Gasteiger partial charge on any atom is -0.491 e. The first-order chi connectivity index (χ1) is 18.5. The van der Waals surface area contributed by atoms with Crippen molar-refractivity contribution < 1.29 is 22.7 Å². The molecule has 2 amide bonds. The highest BCUT2D eigenvalue weighted by Gasteiger charge is 2.22. The van der Waals surface area contributed by atoms with Crippen LogP contribution >= 0.6 is 0 Å². The summed E-state index contributed by atoms with van der Waals surface area (Å²) in [6.45, 7) is 9.44. The van der Waals surface area contributed by atoms with Gasteiger partial charge in [0.2, 0.25) is 11.9 Å². The predicted molar refractivity (Wildman–Crippen MR) is 149 cm³/mol. The van der Waals surface area contributed by atoms with Gasteiger partial charge in [0.25, 0.3) is 16.1 Å². The first-order valence-corrected chi connectivity index (χ1v) is 14.5. The van der Waals surface area contributed by atoms with Crippen molar-refractivity contribution in [3.8, 4) is 5.75 Å². The Bertz CT molecular complexity index is 1430. The number of fused-ring (bicyclic) bond motifs is 1. The number of rotatable bonds is 15. The van der Waals surface area contributed by atoms with E-state index in [9.17, 15) is 18.0 Å². The number of benzene rings is 1. The van der Waals surface area contributed by atoms with Gasteiger partial charge in [0.15, 0.2) is 0 Å². The normalized spacial score (nSPS) is 11.8. The van der Waals surface area contributed by atoms with Crippen LogP contribution in [-0.4, -0.2) is 70.6 Å². The highest BCUT2D eigenvalue weighted by Crippen LogP contribution is 2.31. The zero-order valence-corrected chi connectivity index (χ0v) is 24.0. The van der Waals surface area contributed by atoms with Crippen molar-refractivity contribution in [1.29, 1.82) is 0 Å². The van der Waals surface area contributed by atoms with Gasteiger partial charge in [-0.25, -0.2) is 9.71 Å². The number of primary amides is 1. The van der Waals surface area contributed by atoms with Gasteiger partial charge in [-0.1, -0.05) is 13.8 Å². The minimum absolute atomic E-state index is 0.172. The number of amides is 2. The molecule has 0 aliphatic rings. The summed E-state index contributed by atoms with van der Waals surface area (Å²) in [6, 6.07) is 4.81. The van der Waals surface area contributed by atoms with Crippen molar-refractivity contribution in [1.82, 2.24) is 28.4 Å². The fraction of sp³-hybridized carbons (Fsp3) is 0.520. The van der Waals surface area contributed by atoms with E-state index in [1.165, 1.54) is 11.4 Å². The molecule has 2 aromatic heterocycles. The maximum absolute atomic E-state index is 13.1. The molecule has 0 aliphatic carbocycles. The second kappa shape index (κ2) is 13.0. The third kappa shape index (κ3) is 7.13. The Labute approximate surface area is 228 Å². The molecular weight excluding hydrogens is 524 g/mol. The standard InChI is InChI=1S/C25H38N8O5S/c1-6-11-31(5)39(36,37)27-10-9-13-38-21-16-18(23(26)34)15-19-22(21)32(12-7-2)25(28-19)29-24(35)20-14-17(4)30-33(20)8-3/h14-16,27H,6-13H2,1-5H3,(H2,26,34)(H,28,29,35). The summed E-state index contributed by atoms with van der Waals surface area (Å²) in [5.41, 5.74) is 7.93. The minimum atomic E-state index is -3.56. The van der Waals surface area contributed by atoms with E-state index in [1.807, 2.05) is 32.3 Å². The van der Waals surface area contributed by atoms with E-state index >= 15 is 0 Å². The number of aromatic nitrogens is 4. The molecule has 0 saturated heterocycles. The number of nitrogens with one attached hydrogen (secondary N) is 2. The number of hydrogen-bond acceptors (Lipinski definition) is 7. The second-order valence-corrected chi connectivity index (χ2v) is 11.0. The van der Waals surface area contributed by atoms with Crippen LogP contribution in [0.1, 0.15) is 66.6 Å². The number of hydrogen-bond donors (Lipinski definition) is 3. The topological polar surface area (TPSA) is 166 Å². The molecule has 0 radical (unpaired) electrons. The predicted octanol–water partition coefficient (Wildman–Crippen LogP) is 2.27. The Hall–Kier alpha value is -3.49. The summed E-state index contributed by atoms with van der Waals surface area (Å²) in [4.78, 5) is 29.7. The van der Waals surface area contributed by atoms with Crippen molar-refractivity contribution in [3.05, 3.63) is 35.2 Å². The number of ether oxygens (including phenoxy) is 1. The van der Waals surface area contributed by atoms with E-state index in [0.29, 0.717) is 60.9 Å². The molecule has 1 aromatic carbocycles. The molecule has 0 saturated carbocycles. The lowest BCUT2D eigenvalue weighted by Crippen LogP contribution is -2.39. The molecule has 2 heterocycles. The van der Waals surface area contributed by atoms with Gasteiger partial charge in [-0.3, -0.25) is 19.6 Å². The maximum Gasteiger partial charge on any atom is 0.279 e. The van der Waals surface area contributed by atoms with Crippen LogP contribution in [-0.2, 0) is 23.3 Å². The number of nitrogens with two attached hydrogens (primary N) is 1. The number of carbonyl (C=O) groups is 2. The molecule has 0 fully saturated rings. The van der Waals surface area contributed by atoms with E-state index in [1.54, 1.807) is 22.9 Å². The lowest BCUT2D eigenvalue weighted by Gasteiger charge is -2.17. The Kier molecular flexibility index (Phi) is 10.1. The lowest BCUT2D eigenvalue weighted by atomic mass is 10.1. The summed E-state index contributed by atoms with van der Waals surface area (Å²) in [7, 11) is -2.04. The van der Waals surface area contributed by atoms with Gasteiger partial charge in [0, 0.05) is 38.8 Å². The number of imidazole rings is 1. The molecule has 0 bridgehead atoms. The summed E-state index contributed by atoms with van der Waals surface area (Å²) < 4.78 is 37.8.